The average Bonchev–Trinajstić information content (AvgIpc) is 2.75. The van der Waals surface area contributed by atoms with Gasteiger partial charge in [0.25, 0.3) is 10.0 Å². The number of esters is 1. The van der Waals surface area contributed by atoms with Gasteiger partial charge in [-0.25, -0.2) is 8.42 Å². The number of alkyl halides is 3. The molecule has 214 valence electrons. The summed E-state index contributed by atoms with van der Waals surface area (Å²) in [5.41, 5.74) is -1.92. The molecule has 0 saturated heterocycles. The lowest BCUT2D eigenvalue weighted by atomic mass is 10.1. The van der Waals surface area contributed by atoms with Crippen LogP contribution in [-0.2, 0) is 36.9 Å². The van der Waals surface area contributed by atoms with Gasteiger partial charge in [0.2, 0.25) is 5.91 Å². The van der Waals surface area contributed by atoms with Gasteiger partial charge in [-0.1, -0.05) is 12.1 Å². The minimum absolute atomic E-state index is 0.0425. The molecule has 2 aromatic rings. The topological polar surface area (TPSA) is 102 Å². The summed E-state index contributed by atoms with van der Waals surface area (Å²) >= 11 is 0. The van der Waals surface area contributed by atoms with Crippen molar-refractivity contribution >= 4 is 27.6 Å². The van der Waals surface area contributed by atoms with Gasteiger partial charge in [0.05, 0.1) is 35.5 Å². The average molecular weight is 571 g/mol. The third kappa shape index (κ3) is 8.11. The van der Waals surface area contributed by atoms with Crippen LogP contribution in [0.1, 0.15) is 59.1 Å². The van der Waals surface area contributed by atoms with Gasteiger partial charge >= 0.3 is 12.1 Å². The highest BCUT2D eigenvalue weighted by Gasteiger charge is 2.38. The number of nitrogens with one attached hydrogen (secondary N) is 1. The number of halogens is 3. The minimum Gasteiger partial charge on any atom is -0.486 e. The Hall–Kier alpha value is -3.28. The number of hydrogen-bond acceptors (Lipinski definition) is 6. The molecule has 1 aliphatic rings. The number of ether oxygens (including phenoxy) is 2. The Balaban J connectivity index is 2.03. The van der Waals surface area contributed by atoms with E-state index in [1.807, 2.05) is 0 Å². The van der Waals surface area contributed by atoms with Crippen LogP contribution in [-0.4, -0.2) is 44.1 Å². The van der Waals surface area contributed by atoms with Crippen molar-refractivity contribution in [3.8, 4) is 5.75 Å². The van der Waals surface area contributed by atoms with E-state index in [0.29, 0.717) is 11.6 Å². The van der Waals surface area contributed by atoms with Crippen LogP contribution in [0.2, 0.25) is 0 Å². The predicted octanol–water partition coefficient (Wildman–Crippen LogP) is 4.85. The second-order valence-electron chi connectivity index (χ2n) is 11.4. The Bertz CT molecular complexity index is 1340. The lowest BCUT2D eigenvalue weighted by Gasteiger charge is -2.36. The molecule has 12 heteroatoms. The Morgan fingerprint density at radius 3 is 2.31 bits per heavy atom. The van der Waals surface area contributed by atoms with E-state index in [9.17, 15) is 31.2 Å². The SMILES string of the molecule is CC(C)(C)NC(=O)C[C@H]1CN(S(=O)(=O)c2cccc(C(F)(F)F)c2)c2cc(CC(=O)OC(C)(C)C)ccc2O1. The number of amides is 1. The summed E-state index contributed by atoms with van der Waals surface area (Å²) in [6.07, 6.45) is -6.02. The molecule has 1 atom stereocenters. The van der Waals surface area contributed by atoms with Crippen molar-refractivity contribution in [1.82, 2.24) is 5.32 Å². The van der Waals surface area contributed by atoms with Crippen LogP contribution in [0.4, 0.5) is 18.9 Å². The van der Waals surface area contributed by atoms with Crippen LogP contribution in [0.5, 0.6) is 5.75 Å². The molecule has 39 heavy (non-hydrogen) atoms. The largest absolute Gasteiger partial charge is 0.486 e. The lowest BCUT2D eigenvalue weighted by molar-refractivity contribution is -0.154. The quantitative estimate of drug-likeness (QED) is 0.499. The molecule has 8 nitrogen and oxygen atoms in total. The van der Waals surface area contributed by atoms with E-state index in [4.69, 9.17) is 9.47 Å². The second-order valence-corrected chi connectivity index (χ2v) is 13.2. The molecule has 1 aliphatic heterocycles. The molecule has 0 aromatic heterocycles. The molecule has 0 saturated carbocycles. The van der Waals surface area contributed by atoms with Crippen LogP contribution in [0, 0.1) is 0 Å². The van der Waals surface area contributed by atoms with Gasteiger partial charge in [-0.3, -0.25) is 13.9 Å². The van der Waals surface area contributed by atoms with E-state index < -0.39 is 49.9 Å². The Kier molecular flexibility index (Phi) is 8.31. The van der Waals surface area contributed by atoms with Crippen molar-refractivity contribution < 1.29 is 40.7 Å². The maximum Gasteiger partial charge on any atom is 0.416 e. The highest BCUT2D eigenvalue weighted by molar-refractivity contribution is 7.92. The van der Waals surface area contributed by atoms with Gasteiger partial charge in [-0.15, -0.1) is 0 Å². The van der Waals surface area contributed by atoms with Gasteiger partial charge in [-0.05, 0) is 77.4 Å². The first-order valence-corrected chi connectivity index (χ1v) is 13.7. The van der Waals surface area contributed by atoms with Crippen molar-refractivity contribution in [1.29, 1.82) is 0 Å². The van der Waals surface area contributed by atoms with Gasteiger partial charge in [0.1, 0.15) is 17.5 Å². The van der Waals surface area contributed by atoms with E-state index in [-0.39, 0.29) is 36.7 Å². The van der Waals surface area contributed by atoms with Gasteiger partial charge in [-0.2, -0.15) is 13.2 Å². The number of hydrogen-bond donors (Lipinski definition) is 1. The normalized spacial score (nSPS) is 16.2. The number of carbonyl (C=O) groups is 2. The third-order valence-corrected chi connectivity index (χ3v) is 7.18. The molecule has 0 bridgehead atoms. The van der Waals surface area contributed by atoms with Gasteiger partial charge in [0.15, 0.2) is 0 Å². The monoisotopic (exact) mass is 570 g/mol. The smallest absolute Gasteiger partial charge is 0.416 e. The Morgan fingerprint density at radius 2 is 1.72 bits per heavy atom. The molecule has 1 N–H and O–H groups in total. The summed E-state index contributed by atoms with van der Waals surface area (Å²) < 4.78 is 79.7. The summed E-state index contributed by atoms with van der Waals surface area (Å²) in [4.78, 5) is 24.4. The number of fused-ring (bicyclic) bond motifs is 1. The number of sulfonamides is 1. The number of anilines is 1. The molecule has 1 amide bonds. The molecule has 0 aliphatic carbocycles. The Morgan fingerprint density at radius 1 is 1.05 bits per heavy atom. The fourth-order valence-corrected chi connectivity index (χ4v) is 5.53. The van der Waals surface area contributed by atoms with Crippen molar-refractivity contribution in [2.45, 2.75) is 82.7 Å². The zero-order chi connectivity index (χ0) is 29.4. The zero-order valence-electron chi connectivity index (χ0n) is 22.7. The summed E-state index contributed by atoms with van der Waals surface area (Å²) in [7, 11) is -4.53. The first-order chi connectivity index (χ1) is 17.7. The van der Waals surface area contributed by atoms with Crippen molar-refractivity contribution in [2.24, 2.45) is 0 Å². The molecule has 3 rings (SSSR count). The standard InChI is InChI=1S/C27H33F3N2O6S/c1-25(2,3)31-23(33)15-19-16-32(39(35,36)20-9-7-8-18(14-20)27(28,29)30)21-12-17(10-11-22(21)37-19)13-24(34)38-26(4,5)6/h7-12,14,19H,13,15-16H2,1-6H3,(H,31,33)/t19-/m0/s1. The van der Waals surface area contributed by atoms with Crippen LogP contribution < -0.4 is 14.4 Å². The summed E-state index contributed by atoms with van der Waals surface area (Å²) in [6, 6.07) is 7.90. The molecule has 0 fully saturated rings. The number of nitrogens with zero attached hydrogens (tertiary/aromatic N) is 1. The summed E-state index contributed by atoms with van der Waals surface area (Å²) in [5, 5.41) is 2.79. The highest BCUT2D eigenvalue weighted by Crippen LogP contribution is 2.39. The maximum atomic E-state index is 13.7. The third-order valence-electron chi connectivity index (χ3n) is 5.40. The molecular weight excluding hydrogens is 537 g/mol. The molecule has 0 spiro atoms. The number of benzene rings is 2. The number of carbonyl (C=O) groups excluding carboxylic acids is 2. The van der Waals surface area contributed by atoms with Crippen molar-refractivity contribution in [3.05, 3.63) is 53.6 Å². The Labute approximate surface area is 226 Å². The van der Waals surface area contributed by atoms with E-state index in [2.05, 4.69) is 5.32 Å². The van der Waals surface area contributed by atoms with Gasteiger partial charge in [0, 0.05) is 5.54 Å². The fraction of sp³-hybridized carbons (Fsp3) is 0.481. The zero-order valence-corrected chi connectivity index (χ0v) is 23.5. The van der Waals surface area contributed by atoms with Crippen LogP contribution >= 0.6 is 0 Å². The van der Waals surface area contributed by atoms with Crippen molar-refractivity contribution in [2.75, 3.05) is 10.8 Å². The van der Waals surface area contributed by atoms with E-state index in [0.717, 1.165) is 22.5 Å². The minimum atomic E-state index is -4.75. The summed E-state index contributed by atoms with van der Waals surface area (Å²) in [6.45, 7) is 10.2. The fourth-order valence-electron chi connectivity index (χ4n) is 3.98. The first kappa shape index (κ1) is 30.3. The van der Waals surface area contributed by atoms with Gasteiger partial charge < -0.3 is 14.8 Å². The molecule has 2 aromatic carbocycles. The van der Waals surface area contributed by atoms with E-state index >= 15 is 0 Å². The molecule has 0 unspecified atom stereocenters. The van der Waals surface area contributed by atoms with Crippen LogP contribution in [0.3, 0.4) is 0 Å². The predicted molar refractivity (Wildman–Crippen MR) is 139 cm³/mol. The second kappa shape index (κ2) is 10.7. The van der Waals surface area contributed by atoms with Crippen LogP contribution in [0.25, 0.3) is 0 Å². The van der Waals surface area contributed by atoms with E-state index in [1.54, 1.807) is 47.6 Å². The molecular formula is C27H33F3N2O6S. The molecule has 0 radical (unpaired) electrons. The van der Waals surface area contributed by atoms with E-state index in [1.165, 1.54) is 12.1 Å². The lowest BCUT2D eigenvalue weighted by Crippen LogP contribution is -2.47. The highest BCUT2D eigenvalue weighted by atomic mass is 32.2. The number of rotatable bonds is 6. The van der Waals surface area contributed by atoms with Crippen molar-refractivity contribution in [3.63, 3.8) is 0 Å². The maximum absolute atomic E-state index is 13.7. The molecule has 1 heterocycles. The summed E-state index contributed by atoms with van der Waals surface area (Å²) in [5.74, 6) is -0.810. The first-order valence-electron chi connectivity index (χ1n) is 12.3. The van der Waals surface area contributed by atoms with Crippen LogP contribution in [0.15, 0.2) is 47.4 Å².